The predicted molar refractivity (Wildman–Crippen MR) is 92.2 cm³/mol. The normalized spacial score (nSPS) is 20.2. The molecule has 1 aromatic rings. The molecule has 0 saturated carbocycles. The Kier molecular flexibility index (Phi) is 6.71. The van der Waals surface area contributed by atoms with E-state index in [0.717, 1.165) is 25.2 Å². The van der Waals surface area contributed by atoms with Crippen LogP contribution in [0, 0.1) is 5.82 Å². The first-order chi connectivity index (χ1) is 11.4. The number of halogens is 1. The monoisotopic (exact) mass is 337 g/mol. The minimum absolute atomic E-state index is 0.0461. The maximum Gasteiger partial charge on any atom is 0.239 e. The van der Waals surface area contributed by atoms with E-state index in [9.17, 15) is 9.18 Å². The standard InChI is InChI=1S/C18H28FN3O2/c1-14(22-8-9-24-17(13-22)12-20(2)3)18(23)21(4)11-15-6-5-7-16(19)10-15/h5-7,10,14,17H,8-9,11-13H2,1-4H3/t14-,17-/m1/s1. The van der Waals surface area contributed by atoms with Crippen molar-refractivity contribution in [2.45, 2.75) is 25.6 Å². The van der Waals surface area contributed by atoms with E-state index in [4.69, 9.17) is 4.74 Å². The fraction of sp³-hybridized carbons (Fsp3) is 0.611. The summed E-state index contributed by atoms with van der Waals surface area (Å²) >= 11 is 0. The van der Waals surface area contributed by atoms with E-state index in [-0.39, 0.29) is 23.9 Å². The van der Waals surface area contributed by atoms with Crippen LogP contribution in [0.4, 0.5) is 4.39 Å². The van der Waals surface area contributed by atoms with Gasteiger partial charge in [-0.1, -0.05) is 12.1 Å². The van der Waals surface area contributed by atoms with Crippen molar-refractivity contribution in [2.75, 3.05) is 47.4 Å². The number of hydrogen-bond acceptors (Lipinski definition) is 4. The van der Waals surface area contributed by atoms with Gasteiger partial charge in [0.1, 0.15) is 5.82 Å². The molecule has 0 radical (unpaired) electrons. The van der Waals surface area contributed by atoms with Crippen LogP contribution in [0.5, 0.6) is 0 Å². The zero-order chi connectivity index (χ0) is 17.7. The van der Waals surface area contributed by atoms with E-state index in [1.165, 1.54) is 12.1 Å². The number of nitrogens with zero attached hydrogens (tertiary/aromatic N) is 3. The topological polar surface area (TPSA) is 36.0 Å². The highest BCUT2D eigenvalue weighted by Gasteiger charge is 2.29. The van der Waals surface area contributed by atoms with E-state index in [1.54, 1.807) is 18.0 Å². The van der Waals surface area contributed by atoms with Crippen LogP contribution < -0.4 is 0 Å². The summed E-state index contributed by atoms with van der Waals surface area (Å²) in [5, 5.41) is 0. The number of morpholine rings is 1. The van der Waals surface area contributed by atoms with Crippen molar-refractivity contribution in [1.29, 1.82) is 0 Å². The number of benzene rings is 1. The molecule has 0 N–H and O–H groups in total. The summed E-state index contributed by atoms with van der Waals surface area (Å²) in [4.78, 5) is 18.6. The van der Waals surface area contributed by atoms with Gasteiger partial charge in [0.25, 0.3) is 0 Å². The molecule has 1 aliphatic heterocycles. The van der Waals surface area contributed by atoms with Crippen molar-refractivity contribution in [3.8, 4) is 0 Å². The molecule has 1 amide bonds. The number of amides is 1. The molecule has 2 atom stereocenters. The quantitative estimate of drug-likeness (QED) is 0.787. The van der Waals surface area contributed by atoms with Crippen LogP contribution >= 0.6 is 0 Å². The zero-order valence-corrected chi connectivity index (χ0v) is 15.0. The molecule has 1 saturated heterocycles. The smallest absolute Gasteiger partial charge is 0.239 e. The van der Waals surface area contributed by atoms with E-state index in [1.807, 2.05) is 27.1 Å². The van der Waals surface area contributed by atoms with Gasteiger partial charge in [-0.15, -0.1) is 0 Å². The molecule has 1 heterocycles. The number of carbonyl (C=O) groups is 1. The fourth-order valence-electron chi connectivity index (χ4n) is 3.07. The molecule has 0 aliphatic carbocycles. The molecule has 24 heavy (non-hydrogen) atoms. The summed E-state index contributed by atoms with van der Waals surface area (Å²) in [5.41, 5.74) is 0.797. The Morgan fingerprint density at radius 3 is 2.83 bits per heavy atom. The summed E-state index contributed by atoms with van der Waals surface area (Å²) in [6.07, 6.45) is 0.123. The van der Waals surface area contributed by atoms with Crippen molar-refractivity contribution in [3.63, 3.8) is 0 Å². The third-order valence-corrected chi connectivity index (χ3v) is 4.33. The summed E-state index contributed by atoms with van der Waals surface area (Å²) in [6, 6.07) is 6.17. The molecule has 2 rings (SSSR count). The van der Waals surface area contributed by atoms with Gasteiger partial charge in [-0.3, -0.25) is 9.69 Å². The maximum atomic E-state index is 13.3. The number of rotatable bonds is 6. The van der Waals surface area contributed by atoms with Crippen LogP contribution in [0.2, 0.25) is 0 Å². The highest BCUT2D eigenvalue weighted by atomic mass is 19.1. The van der Waals surface area contributed by atoms with E-state index in [0.29, 0.717) is 13.2 Å². The lowest BCUT2D eigenvalue weighted by Crippen LogP contribution is -2.54. The molecular formula is C18H28FN3O2. The number of hydrogen-bond donors (Lipinski definition) is 0. The Balaban J connectivity index is 1.92. The van der Waals surface area contributed by atoms with Gasteiger partial charge in [-0.05, 0) is 38.7 Å². The average Bonchev–Trinajstić information content (AvgIpc) is 2.53. The molecule has 0 aromatic heterocycles. The van der Waals surface area contributed by atoms with E-state index >= 15 is 0 Å². The lowest BCUT2D eigenvalue weighted by molar-refractivity contribution is -0.139. The van der Waals surface area contributed by atoms with Crippen molar-refractivity contribution < 1.29 is 13.9 Å². The fourth-order valence-corrected chi connectivity index (χ4v) is 3.07. The van der Waals surface area contributed by atoms with Gasteiger partial charge in [0.05, 0.1) is 18.8 Å². The lowest BCUT2D eigenvalue weighted by Gasteiger charge is -2.38. The molecule has 1 aliphatic rings. The minimum atomic E-state index is -0.277. The summed E-state index contributed by atoms with van der Waals surface area (Å²) in [5.74, 6) is -0.231. The van der Waals surface area contributed by atoms with Gasteiger partial charge in [0.2, 0.25) is 5.91 Å². The largest absolute Gasteiger partial charge is 0.374 e. The second kappa shape index (κ2) is 8.55. The number of likely N-dealkylation sites (N-methyl/N-ethyl adjacent to an activating group) is 2. The molecular weight excluding hydrogens is 309 g/mol. The first kappa shape index (κ1) is 18.8. The summed E-state index contributed by atoms with van der Waals surface area (Å²) in [6.45, 7) is 5.33. The van der Waals surface area contributed by atoms with Crippen LogP contribution in [-0.4, -0.2) is 80.1 Å². The predicted octanol–water partition coefficient (Wildman–Crippen LogP) is 1.44. The van der Waals surface area contributed by atoms with Crippen LogP contribution in [-0.2, 0) is 16.1 Å². The first-order valence-corrected chi connectivity index (χ1v) is 8.36. The van der Waals surface area contributed by atoms with Crippen LogP contribution in [0.15, 0.2) is 24.3 Å². The molecule has 134 valence electrons. The zero-order valence-electron chi connectivity index (χ0n) is 15.0. The minimum Gasteiger partial charge on any atom is -0.374 e. The average molecular weight is 337 g/mol. The van der Waals surface area contributed by atoms with E-state index in [2.05, 4.69) is 9.80 Å². The van der Waals surface area contributed by atoms with Crippen LogP contribution in [0.25, 0.3) is 0 Å². The van der Waals surface area contributed by atoms with Crippen molar-refractivity contribution in [1.82, 2.24) is 14.7 Å². The van der Waals surface area contributed by atoms with Gasteiger partial charge in [-0.25, -0.2) is 4.39 Å². The van der Waals surface area contributed by atoms with E-state index < -0.39 is 0 Å². The SMILES string of the molecule is C[C@H](C(=O)N(C)Cc1cccc(F)c1)N1CCO[C@H](CN(C)C)C1. The highest BCUT2D eigenvalue weighted by Crippen LogP contribution is 2.13. The highest BCUT2D eigenvalue weighted by molar-refractivity contribution is 5.81. The molecule has 1 fully saturated rings. The Morgan fingerprint density at radius 1 is 1.42 bits per heavy atom. The third kappa shape index (κ3) is 5.26. The van der Waals surface area contributed by atoms with Gasteiger partial charge >= 0.3 is 0 Å². The Labute approximate surface area is 144 Å². The summed E-state index contributed by atoms with van der Waals surface area (Å²) in [7, 11) is 5.80. The van der Waals surface area contributed by atoms with Crippen molar-refractivity contribution in [2.24, 2.45) is 0 Å². The number of ether oxygens (including phenoxy) is 1. The maximum absolute atomic E-state index is 13.3. The van der Waals surface area contributed by atoms with Gasteiger partial charge < -0.3 is 14.5 Å². The first-order valence-electron chi connectivity index (χ1n) is 8.36. The molecule has 0 bridgehead atoms. The Morgan fingerprint density at radius 2 is 2.17 bits per heavy atom. The molecule has 6 heteroatoms. The van der Waals surface area contributed by atoms with Crippen molar-refractivity contribution in [3.05, 3.63) is 35.6 Å². The van der Waals surface area contributed by atoms with Gasteiger partial charge in [-0.2, -0.15) is 0 Å². The van der Waals surface area contributed by atoms with Crippen molar-refractivity contribution >= 4 is 5.91 Å². The molecule has 0 spiro atoms. The third-order valence-electron chi connectivity index (χ3n) is 4.33. The molecule has 1 aromatic carbocycles. The molecule has 0 unspecified atom stereocenters. The Bertz CT molecular complexity index is 553. The van der Waals surface area contributed by atoms with Crippen LogP contribution in [0.3, 0.4) is 0 Å². The Hall–Kier alpha value is -1.50. The van der Waals surface area contributed by atoms with Crippen LogP contribution in [0.1, 0.15) is 12.5 Å². The molecule has 5 nitrogen and oxygen atoms in total. The summed E-state index contributed by atoms with van der Waals surface area (Å²) < 4.78 is 19.1. The second-order valence-electron chi connectivity index (χ2n) is 6.75. The lowest BCUT2D eigenvalue weighted by atomic mass is 10.1. The number of carbonyl (C=O) groups excluding carboxylic acids is 1. The van der Waals surface area contributed by atoms with Gasteiger partial charge in [0, 0.05) is 33.2 Å². The van der Waals surface area contributed by atoms with Gasteiger partial charge in [0.15, 0.2) is 0 Å². The second-order valence-corrected chi connectivity index (χ2v) is 6.75.